The van der Waals surface area contributed by atoms with E-state index in [2.05, 4.69) is 16.3 Å². The molecule has 1 N–H and O–H groups in total. The van der Waals surface area contributed by atoms with Crippen molar-refractivity contribution < 1.29 is 14.0 Å². The summed E-state index contributed by atoms with van der Waals surface area (Å²) in [6, 6.07) is 5.80. The zero-order valence-corrected chi connectivity index (χ0v) is 18.0. The maximum absolute atomic E-state index is 12.5. The van der Waals surface area contributed by atoms with E-state index in [0.717, 1.165) is 50.1 Å². The Morgan fingerprint density at radius 1 is 1.20 bits per heavy atom. The van der Waals surface area contributed by atoms with Gasteiger partial charge in [-0.2, -0.15) is 5.26 Å². The zero-order chi connectivity index (χ0) is 21.1. The minimum Gasteiger partial charge on any atom is -0.456 e. The predicted octanol–water partition coefficient (Wildman–Crippen LogP) is 3.19. The highest BCUT2D eigenvalue weighted by Gasteiger charge is 2.25. The molecule has 3 heterocycles. The van der Waals surface area contributed by atoms with E-state index in [0.29, 0.717) is 42.4 Å². The fourth-order valence-corrected chi connectivity index (χ4v) is 5.36. The van der Waals surface area contributed by atoms with Crippen molar-refractivity contribution in [3.8, 4) is 6.07 Å². The van der Waals surface area contributed by atoms with Gasteiger partial charge in [-0.15, -0.1) is 11.3 Å². The van der Waals surface area contributed by atoms with Gasteiger partial charge in [0.2, 0.25) is 5.91 Å². The molecule has 0 spiro atoms. The molecule has 0 unspecified atom stereocenters. The van der Waals surface area contributed by atoms with Crippen molar-refractivity contribution in [3.63, 3.8) is 0 Å². The molecule has 2 aliphatic rings. The average molecular weight is 427 g/mol. The van der Waals surface area contributed by atoms with Crippen LogP contribution in [-0.2, 0) is 17.6 Å². The van der Waals surface area contributed by atoms with Crippen LogP contribution in [-0.4, -0.2) is 54.3 Å². The van der Waals surface area contributed by atoms with E-state index in [-0.39, 0.29) is 11.8 Å². The molecule has 2 aromatic rings. The Bertz CT molecular complexity index is 979. The molecule has 7 nitrogen and oxygen atoms in total. The lowest BCUT2D eigenvalue weighted by atomic mass is 9.96. The van der Waals surface area contributed by atoms with Gasteiger partial charge in [0.05, 0.1) is 5.56 Å². The first-order chi connectivity index (χ1) is 14.5. The number of nitrogens with zero attached hydrogens (tertiary/aromatic N) is 3. The summed E-state index contributed by atoms with van der Waals surface area (Å²) < 4.78 is 5.43. The first kappa shape index (κ1) is 20.6. The maximum Gasteiger partial charge on any atom is 0.289 e. The summed E-state index contributed by atoms with van der Waals surface area (Å²) in [6.45, 7) is 5.17. The summed E-state index contributed by atoms with van der Waals surface area (Å²) in [5.41, 5.74) is 1.79. The minimum atomic E-state index is -0.0776. The number of fused-ring (bicyclic) bond motifs is 1. The van der Waals surface area contributed by atoms with E-state index in [9.17, 15) is 14.9 Å². The molecule has 0 bridgehead atoms. The van der Waals surface area contributed by atoms with Gasteiger partial charge in [-0.05, 0) is 50.3 Å². The van der Waals surface area contributed by atoms with E-state index in [1.807, 2.05) is 6.92 Å². The summed E-state index contributed by atoms with van der Waals surface area (Å²) in [4.78, 5) is 30.2. The molecule has 2 amide bonds. The Kier molecular flexibility index (Phi) is 6.21. The Morgan fingerprint density at radius 2 is 1.97 bits per heavy atom. The van der Waals surface area contributed by atoms with E-state index >= 15 is 0 Å². The number of aryl methyl sites for hydroxylation is 2. The second-order valence-corrected chi connectivity index (χ2v) is 8.97. The van der Waals surface area contributed by atoms with Crippen molar-refractivity contribution in [2.24, 2.45) is 0 Å². The summed E-state index contributed by atoms with van der Waals surface area (Å²) in [5, 5.41) is 13.2. The lowest BCUT2D eigenvalue weighted by molar-refractivity contribution is -0.116. The molecule has 2 aromatic heterocycles. The zero-order valence-electron chi connectivity index (χ0n) is 17.2. The van der Waals surface area contributed by atoms with Crippen molar-refractivity contribution in [2.45, 2.75) is 39.0 Å². The van der Waals surface area contributed by atoms with Crippen LogP contribution in [0.5, 0.6) is 0 Å². The number of furan rings is 1. The number of rotatable bonds is 5. The minimum absolute atomic E-state index is 0.0605. The Hall–Kier alpha value is -2.63. The highest BCUT2D eigenvalue weighted by molar-refractivity contribution is 7.16. The van der Waals surface area contributed by atoms with Gasteiger partial charge in [0.15, 0.2) is 5.76 Å². The second-order valence-electron chi connectivity index (χ2n) is 7.87. The third kappa shape index (κ3) is 4.42. The number of carbonyl (C=O) groups excluding carboxylic acids is 2. The van der Waals surface area contributed by atoms with Crippen molar-refractivity contribution in [2.75, 3.05) is 38.0 Å². The van der Waals surface area contributed by atoms with Gasteiger partial charge in [-0.1, -0.05) is 0 Å². The Labute approximate surface area is 180 Å². The third-order valence-electron chi connectivity index (χ3n) is 5.80. The standard InChI is InChI=1S/C22H26N4O3S/c1-15-6-7-18(29-15)22(28)26-12-10-25(11-13-26)9-8-20(27)24-21-17(14-23)16-4-2-3-5-19(16)30-21/h6-7H,2-5,8-13H2,1H3,(H,24,27). The molecule has 0 atom stereocenters. The second kappa shape index (κ2) is 9.02. The van der Waals surface area contributed by atoms with Gasteiger partial charge < -0.3 is 14.6 Å². The van der Waals surface area contributed by atoms with E-state index < -0.39 is 0 Å². The number of anilines is 1. The topological polar surface area (TPSA) is 89.6 Å². The van der Waals surface area contributed by atoms with Crippen molar-refractivity contribution in [1.82, 2.24) is 9.80 Å². The summed E-state index contributed by atoms with van der Waals surface area (Å²) in [6.07, 6.45) is 4.58. The summed E-state index contributed by atoms with van der Waals surface area (Å²) in [5.74, 6) is 0.974. The van der Waals surface area contributed by atoms with Crippen LogP contribution in [0.2, 0.25) is 0 Å². The Balaban J connectivity index is 1.25. The number of piperazine rings is 1. The number of hydrogen-bond donors (Lipinski definition) is 1. The van der Waals surface area contributed by atoms with Crippen LogP contribution < -0.4 is 5.32 Å². The molecular formula is C22H26N4O3S. The fourth-order valence-electron chi connectivity index (χ4n) is 4.10. The number of nitriles is 1. The van der Waals surface area contributed by atoms with Crippen molar-refractivity contribution in [3.05, 3.63) is 39.7 Å². The predicted molar refractivity (Wildman–Crippen MR) is 115 cm³/mol. The number of nitrogens with one attached hydrogen (secondary N) is 1. The number of thiophene rings is 1. The van der Waals surface area contributed by atoms with Crippen LogP contribution in [0.3, 0.4) is 0 Å². The van der Waals surface area contributed by atoms with Crippen LogP contribution in [0.1, 0.15) is 51.6 Å². The molecule has 1 aliphatic heterocycles. The molecule has 0 aromatic carbocycles. The average Bonchev–Trinajstić information content (AvgIpc) is 3.35. The first-order valence-corrected chi connectivity index (χ1v) is 11.3. The van der Waals surface area contributed by atoms with Gasteiger partial charge in [-0.25, -0.2) is 0 Å². The normalized spacial score (nSPS) is 16.7. The molecule has 30 heavy (non-hydrogen) atoms. The number of carbonyl (C=O) groups is 2. The fraction of sp³-hybridized carbons (Fsp3) is 0.500. The van der Waals surface area contributed by atoms with E-state index in [1.165, 1.54) is 4.88 Å². The molecule has 8 heteroatoms. The third-order valence-corrected chi connectivity index (χ3v) is 7.01. The van der Waals surface area contributed by atoms with Gasteiger partial charge in [0.1, 0.15) is 16.8 Å². The largest absolute Gasteiger partial charge is 0.456 e. The van der Waals surface area contributed by atoms with Gasteiger partial charge in [-0.3, -0.25) is 14.5 Å². The molecule has 0 saturated carbocycles. The van der Waals surface area contributed by atoms with E-state index in [4.69, 9.17) is 4.42 Å². The SMILES string of the molecule is Cc1ccc(C(=O)N2CCN(CCC(=O)Nc3sc4c(c3C#N)CCCC4)CC2)o1. The highest BCUT2D eigenvalue weighted by Crippen LogP contribution is 2.37. The first-order valence-electron chi connectivity index (χ1n) is 10.5. The molecular weight excluding hydrogens is 400 g/mol. The number of hydrogen-bond acceptors (Lipinski definition) is 6. The van der Waals surface area contributed by atoms with Crippen LogP contribution in [0, 0.1) is 18.3 Å². The van der Waals surface area contributed by atoms with Crippen LogP contribution in [0.25, 0.3) is 0 Å². The monoisotopic (exact) mass is 426 g/mol. The molecule has 158 valence electrons. The number of amides is 2. The lowest BCUT2D eigenvalue weighted by Gasteiger charge is -2.34. The Morgan fingerprint density at radius 3 is 2.67 bits per heavy atom. The van der Waals surface area contributed by atoms with Gasteiger partial charge >= 0.3 is 0 Å². The van der Waals surface area contributed by atoms with E-state index in [1.54, 1.807) is 28.4 Å². The summed E-state index contributed by atoms with van der Waals surface area (Å²) >= 11 is 1.56. The molecule has 4 rings (SSSR count). The maximum atomic E-state index is 12.5. The van der Waals surface area contributed by atoms with Crippen LogP contribution >= 0.6 is 11.3 Å². The van der Waals surface area contributed by atoms with Crippen molar-refractivity contribution >= 4 is 28.2 Å². The summed E-state index contributed by atoms with van der Waals surface area (Å²) in [7, 11) is 0. The molecule has 1 saturated heterocycles. The molecule has 0 radical (unpaired) electrons. The highest BCUT2D eigenvalue weighted by atomic mass is 32.1. The van der Waals surface area contributed by atoms with Gasteiger partial charge in [0, 0.05) is 44.0 Å². The molecule has 1 fully saturated rings. The molecule has 1 aliphatic carbocycles. The lowest BCUT2D eigenvalue weighted by Crippen LogP contribution is -2.49. The quantitative estimate of drug-likeness (QED) is 0.793. The van der Waals surface area contributed by atoms with Gasteiger partial charge in [0.25, 0.3) is 5.91 Å². The smallest absolute Gasteiger partial charge is 0.289 e. The van der Waals surface area contributed by atoms with Crippen molar-refractivity contribution in [1.29, 1.82) is 5.26 Å². The van der Waals surface area contributed by atoms with Crippen LogP contribution in [0.4, 0.5) is 5.00 Å². The van der Waals surface area contributed by atoms with Crippen LogP contribution in [0.15, 0.2) is 16.5 Å².